The Labute approximate surface area is 184 Å². The van der Waals surface area contributed by atoms with Crippen LogP contribution in [0.5, 0.6) is 0 Å². The van der Waals surface area contributed by atoms with Gasteiger partial charge >= 0.3 is 0 Å². The van der Waals surface area contributed by atoms with Crippen molar-refractivity contribution in [1.82, 2.24) is 25.0 Å². The summed E-state index contributed by atoms with van der Waals surface area (Å²) in [6.45, 7) is 5.14. The molecule has 1 aromatic heterocycles. The van der Waals surface area contributed by atoms with Crippen LogP contribution in [-0.4, -0.2) is 52.0 Å². The number of nitrogens with zero attached hydrogens (tertiary/aromatic N) is 4. The van der Waals surface area contributed by atoms with Crippen LogP contribution in [0.1, 0.15) is 55.5 Å². The van der Waals surface area contributed by atoms with Crippen LogP contribution in [0.3, 0.4) is 0 Å². The molecule has 0 spiro atoms. The highest BCUT2D eigenvalue weighted by Crippen LogP contribution is 2.33. The van der Waals surface area contributed by atoms with E-state index in [-0.39, 0.29) is 11.9 Å². The van der Waals surface area contributed by atoms with Crippen LogP contribution in [0.2, 0.25) is 0 Å². The van der Waals surface area contributed by atoms with E-state index in [0.29, 0.717) is 24.8 Å². The molecular formula is C23H33N5OS. The molecule has 162 valence electrons. The molecule has 30 heavy (non-hydrogen) atoms. The van der Waals surface area contributed by atoms with Crippen molar-refractivity contribution in [3.63, 3.8) is 0 Å². The summed E-state index contributed by atoms with van der Waals surface area (Å²) in [6.07, 6.45) is 8.04. The number of benzene rings is 1. The fourth-order valence-corrected chi connectivity index (χ4v) is 4.82. The maximum absolute atomic E-state index is 12.5. The molecule has 1 saturated carbocycles. The minimum atomic E-state index is 0.00940. The van der Waals surface area contributed by atoms with Gasteiger partial charge < -0.3 is 14.8 Å². The zero-order chi connectivity index (χ0) is 21.3. The van der Waals surface area contributed by atoms with Crippen LogP contribution in [0.25, 0.3) is 0 Å². The molecule has 0 aliphatic heterocycles. The predicted molar refractivity (Wildman–Crippen MR) is 123 cm³/mol. The maximum atomic E-state index is 12.5. The molecule has 7 heteroatoms. The van der Waals surface area contributed by atoms with Crippen molar-refractivity contribution in [1.29, 1.82) is 0 Å². The Balaban J connectivity index is 1.57. The fourth-order valence-electron chi connectivity index (χ4n) is 4.04. The number of aromatic nitrogens is 3. The number of nitrogens with one attached hydrogen (secondary N) is 1. The van der Waals surface area contributed by atoms with E-state index in [4.69, 9.17) is 0 Å². The van der Waals surface area contributed by atoms with Gasteiger partial charge in [0, 0.05) is 19.0 Å². The van der Waals surface area contributed by atoms with Crippen molar-refractivity contribution >= 4 is 17.7 Å². The number of rotatable bonds is 10. The maximum Gasteiger partial charge on any atom is 0.230 e. The Morgan fingerprint density at radius 1 is 1.27 bits per heavy atom. The molecule has 0 bridgehead atoms. The van der Waals surface area contributed by atoms with E-state index < -0.39 is 0 Å². The summed E-state index contributed by atoms with van der Waals surface area (Å²) < 4.78 is 2.13. The highest BCUT2D eigenvalue weighted by Gasteiger charge is 2.23. The van der Waals surface area contributed by atoms with Crippen molar-refractivity contribution in [2.24, 2.45) is 0 Å². The van der Waals surface area contributed by atoms with E-state index in [9.17, 15) is 4.79 Å². The molecular weight excluding hydrogens is 394 g/mol. The third kappa shape index (κ3) is 5.95. The van der Waals surface area contributed by atoms with Crippen molar-refractivity contribution in [3.8, 4) is 0 Å². The van der Waals surface area contributed by atoms with E-state index in [1.54, 1.807) is 0 Å². The number of carbonyl (C=O) groups is 1. The smallest absolute Gasteiger partial charge is 0.230 e. The standard InChI is InChI=1S/C23H33N5OS/c1-4-15-28-22(19-13-9-6-10-14-19)25-26-23(28)30-17-21(29)24-16-20(27(2)3)18-11-7-5-8-12-18/h4-5,7-8,11-12,19-20H,1,6,9-10,13-17H2,2-3H3,(H,24,29)/t20-/m1/s1. The lowest BCUT2D eigenvalue weighted by Crippen LogP contribution is -2.35. The molecule has 1 aliphatic carbocycles. The lowest BCUT2D eigenvalue weighted by molar-refractivity contribution is -0.118. The zero-order valence-corrected chi connectivity index (χ0v) is 18.9. The Hall–Kier alpha value is -2.12. The Morgan fingerprint density at radius 2 is 2.00 bits per heavy atom. The second-order valence-corrected chi connectivity index (χ2v) is 9.00. The highest BCUT2D eigenvalue weighted by atomic mass is 32.2. The van der Waals surface area contributed by atoms with E-state index in [2.05, 4.69) is 43.7 Å². The van der Waals surface area contributed by atoms with Crippen molar-refractivity contribution in [2.45, 2.75) is 55.8 Å². The highest BCUT2D eigenvalue weighted by molar-refractivity contribution is 7.99. The summed E-state index contributed by atoms with van der Waals surface area (Å²) in [5.41, 5.74) is 1.19. The first-order valence-electron chi connectivity index (χ1n) is 10.7. The quantitative estimate of drug-likeness (QED) is 0.458. The van der Waals surface area contributed by atoms with Gasteiger partial charge in [-0.05, 0) is 32.5 Å². The molecule has 1 N–H and O–H groups in total. The Morgan fingerprint density at radius 3 is 2.67 bits per heavy atom. The molecule has 6 nitrogen and oxygen atoms in total. The largest absolute Gasteiger partial charge is 0.353 e. The third-order valence-electron chi connectivity index (χ3n) is 5.66. The zero-order valence-electron chi connectivity index (χ0n) is 18.1. The SMILES string of the molecule is C=CCn1c(SCC(=O)NC[C@H](c2ccccc2)N(C)C)nnc1C1CCCCC1. The number of amides is 1. The number of thioether (sulfide) groups is 1. The molecule has 0 radical (unpaired) electrons. The monoisotopic (exact) mass is 427 g/mol. The van der Waals surface area contributed by atoms with Gasteiger partial charge in [0.15, 0.2) is 5.16 Å². The number of hydrogen-bond donors (Lipinski definition) is 1. The molecule has 1 aliphatic rings. The average molecular weight is 428 g/mol. The topological polar surface area (TPSA) is 63.1 Å². The number of carbonyl (C=O) groups excluding carboxylic acids is 1. The van der Waals surface area contributed by atoms with Crippen LogP contribution < -0.4 is 5.32 Å². The third-order valence-corrected chi connectivity index (χ3v) is 6.63. The molecule has 1 atom stereocenters. The minimum Gasteiger partial charge on any atom is -0.353 e. The number of allylic oxidation sites excluding steroid dienone is 1. The summed E-state index contributed by atoms with van der Waals surface area (Å²) >= 11 is 1.45. The summed E-state index contributed by atoms with van der Waals surface area (Å²) in [5.74, 6) is 1.86. The van der Waals surface area contributed by atoms with Crippen molar-refractivity contribution in [2.75, 3.05) is 26.4 Å². The molecule has 1 heterocycles. The molecule has 1 fully saturated rings. The van der Waals surface area contributed by atoms with Gasteiger partial charge in [0.1, 0.15) is 5.82 Å². The summed E-state index contributed by atoms with van der Waals surface area (Å²) in [6, 6.07) is 10.4. The Kier molecular flexibility index (Phi) is 8.51. The van der Waals surface area contributed by atoms with Gasteiger partial charge in [0.25, 0.3) is 0 Å². The van der Waals surface area contributed by atoms with E-state index in [1.165, 1.54) is 49.4 Å². The average Bonchev–Trinajstić information content (AvgIpc) is 3.16. The Bertz CT molecular complexity index is 814. The summed E-state index contributed by atoms with van der Waals surface area (Å²) in [7, 11) is 4.06. The van der Waals surface area contributed by atoms with Gasteiger partial charge in [-0.3, -0.25) is 4.79 Å². The lowest BCUT2D eigenvalue weighted by atomic mass is 9.89. The van der Waals surface area contributed by atoms with Gasteiger partial charge in [-0.1, -0.05) is 67.4 Å². The lowest BCUT2D eigenvalue weighted by Gasteiger charge is -2.25. The van der Waals surface area contributed by atoms with Crippen LogP contribution in [0, 0.1) is 0 Å². The summed E-state index contributed by atoms with van der Waals surface area (Å²) in [4.78, 5) is 14.6. The predicted octanol–water partition coefficient (Wildman–Crippen LogP) is 4.02. The summed E-state index contributed by atoms with van der Waals surface area (Å²) in [5, 5.41) is 12.8. The van der Waals surface area contributed by atoms with Crippen molar-refractivity contribution < 1.29 is 4.79 Å². The normalized spacial score (nSPS) is 15.8. The van der Waals surface area contributed by atoms with Gasteiger partial charge in [0.2, 0.25) is 5.91 Å². The van der Waals surface area contributed by atoms with Gasteiger partial charge in [-0.25, -0.2) is 0 Å². The van der Waals surface area contributed by atoms with E-state index in [1.807, 2.05) is 38.4 Å². The second-order valence-electron chi connectivity index (χ2n) is 8.06. The first-order valence-corrected chi connectivity index (χ1v) is 11.7. The molecule has 1 amide bonds. The van der Waals surface area contributed by atoms with Gasteiger partial charge in [0.05, 0.1) is 11.8 Å². The molecule has 0 unspecified atom stereocenters. The second kappa shape index (κ2) is 11.3. The first kappa shape index (κ1) is 22.6. The van der Waals surface area contributed by atoms with Crippen molar-refractivity contribution in [3.05, 3.63) is 54.4 Å². The molecule has 1 aromatic carbocycles. The minimum absolute atomic E-state index is 0.00940. The van der Waals surface area contributed by atoms with E-state index >= 15 is 0 Å². The van der Waals surface area contributed by atoms with Crippen LogP contribution in [0.15, 0.2) is 48.1 Å². The molecule has 2 aromatic rings. The number of likely N-dealkylation sites (N-methyl/N-ethyl adjacent to an activating group) is 1. The molecule has 3 rings (SSSR count). The molecule has 0 saturated heterocycles. The van der Waals surface area contributed by atoms with Gasteiger partial charge in [-0.2, -0.15) is 0 Å². The van der Waals surface area contributed by atoms with Crippen LogP contribution >= 0.6 is 11.8 Å². The van der Waals surface area contributed by atoms with Gasteiger partial charge in [-0.15, -0.1) is 16.8 Å². The van der Waals surface area contributed by atoms with Crippen LogP contribution in [-0.2, 0) is 11.3 Å². The van der Waals surface area contributed by atoms with E-state index in [0.717, 1.165) is 11.0 Å². The van der Waals surface area contributed by atoms with Crippen LogP contribution in [0.4, 0.5) is 0 Å². The first-order chi connectivity index (χ1) is 14.6. The fraction of sp³-hybridized carbons (Fsp3) is 0.522. The number of hydrogen-bond acceptors (Lipinski definition) is 5.